The molecule has 0 aliphatic rings. The smallest absolute Gasteiger partial charge is 0.211 e. The fraction of sp³-hybridized carbons (Fsp3) is 0. The average molecular weight is 323 g/mol. The number of rotatable bonds is 5. The van der Waals surface area contributed by atoms with Crippen molar-refractivity contribution >= 4 is 45.7 Å². The van der Waals surface area contributed by atoms with Crippen molar-refractivity contribution in [2.75, 3.05) is 10.0 Å². The van der Waals surface area contributed by atoms with Gasteiger partial charge < -0.3 is 10.0 Å². The summed E-state index contributed by atoms with van der Waals surface area (Å²) < 4.78 is 4.29. The first-order chi connectivity index (χ1) is 8.78. The highest BCUT2D eigenvalue weighted by atomic mass is 79.9. The molecule has 2 rings (SSSR count). The molecule has 0 radical (unpaired) electrons. The van der Waals surface area contributed by atoms with Crippen LogP contribution < -0.4 is 10.0 Å². The molecule has 0 aromatic heterocycles. The van der Waals surface area contributed by atoms with E-state index in [2.05, 4.69) is 26.0 Å². The van der Waals surface area contributed by atoms with E-state index in [0.29, 0.717) is 6.41 Å². The molecule has 0 aliphatic carbocycles. The standard InChI is InChI=1S/C13H11BrN2OS/c14-10-4-6-11(7-5-10)16-18-13-3-1-2-12(8-13)15-9-17/h1-9,16H,(H,15,17). The number of carbonyl (C=O) groups excluding carboxylic acids is 1. The molecule has 0 spiro atoms. The molecule has 0 unspecified atom stereocenters. The minimum absolute atomic E-state index is 0.673. The fourth-order valence-electron chi connectivity index (χ4n) is 1.35. The molecule has 1 amide bonds. The lowest BCUT2D eigenvalue weighted by Crippen LogP contribution is -1.93. The van der Waals surface area contributed by atoms with Crippen molar-refractivity contribution in [3.05, 3.63) is 53.0 Å². The predicted molar refractivity (Wildman–Crippen MR) is 79.8 cm³/mol. The quantitative estimate of drug-likeness (QED) is 0.642. The fourth-order valence-corrected chi connectivity index (χ4v) is 2.32. The van der Waals surface area contributed by atoms with Crippen molar-refractivity contribution in [3.63, 3.8) is 0 Å². The van der Waals surface area contributed by atoms with E-state index in [4.69, 9.17) is 0 Å². The van der Waals surface area contributed by atoms with E-state index in [0.717, 1.165) is 20.7 Å². The van der Waals surface area contributed by atoms with Crippen LogP contribution in [0.25, 0.3) is 0 Å². The van der Waals surface area contributed by atoms with Gasteiger partial charge in [-0.15, -0.1) is 0 Å². The van der Waals surface area contributed by atoms with Crippen molar-refractivity contribution in [2.24, 2.45) is 0 Å². The summed E-state index contributed by atoms with van der Waals surface area (Å²) in [6.45, 7) is 0. The van der Waals surface area contributed by atoms with Gasteiger partial charge in [-0.2, -0.15) is 0 Å². The first kappa shape index (κ1) is 13.0. The van der Waals surface area contributed by atoms with Crippen LogP contribution in [0.15, 0.2) is 57.9 Å². The molecular weight excluding hydrogens is 312 g/mol. The van der Waals surface area contributed by atoms with Gasteiger partial charge >= 0.3 is 0 Å². The summed E-state index contributed by atoms with van der Waals surface area (Å²) in [5.74, 6) is 0. The Morgan fingerprint density at radius 2 is 1.83 bits per heavy atom. The van der Waals surface area contributed by atoms with Gasteiger partial charge in [0.2, 0.25) is 6.41 Å². The number of hydrogen-bond donors (Lipinski definition) is 2. The summed E-state index contributed by atoms with van der Waals surface area (Å²) in [5.41, 5.74) is 1.81. The molecule has 0 saturated carbocycles. The van der Waals surface area contributed by atoms with Crippen molar-refractivity contribution in [3.8, 4) is 0 Å². The van der Waals surface area contributed by atoms with E-state index in [1.165, 1.54) is 11.9 Å². The van der Waals surface area contributed by atoms with Crippen LogP contribution in [-0.4, -0.2) is 6.41 Å². The lowest BCUT2D eigenvalue weighted by atomic mass is 10.3. The number of benzene rings is 2. The van der Waals surface area contributed by atoms with Crippen LogP contribution in [0.3, 0.4) is 0 Å². The topological polar surface area (TPSA) is 41.1 Å². The van der Waals surface area contributed by atoms with Crippen LogP contribution in [0, 0.1) is 0 Å². The van der Waals surface area contributed by atoms with Gasteiger partial charge in [0, 0.05) is 20.7 Å². The average Bonchev–Trinajstić information content (AvgIpc) is 2.39. The van der Waals surface area contributed by atoms with Crippen LogP contribution >= 0.6 is 27.9 Å². The van der Waals surface area contributed by atoms with Crippen LogP contribution in [0.4, 0.5) is 11.4 Å². The Bertz CT molecular complexity index is 531. The maximum atomic E-state index is 10.4. The Morgan fingerprint density at radius 1 is 1.06 bits per heavy atom. The second-order valence-corrected chi connectivity index (χ2v) is 5.30. The molecule has 18 heavy (non-hydrogen) atoms. The molecule has 2 aromatic rings. The zero-order valence-electron chi connectivity index (χ0n) is 9.39. The third kappa shape index (κ3) is 3.78. The van der Waals surface area contributed by atoms with Gasteiger partial charge in [0.05, 0.1) is 0 Å². The Morgan fingerprint density at radius 3 is 2.56 bits per heavy atom. The second kappa shape index (κ2) is 6.47. The Balaban J connectivity index is 1.99. The van der Waals surface area contributed by atoms with Crippen LogP contribution in [0.1, 0.15) is 0 Å². The van der Waals surface area contributed by atoms with Crippen molar-refractivity contribution < 1.29 is 4.79 Å². The van der Waals surface area contributed by atoms with Gasteiger partial charge in [-0.25, -0.2) is 0 Å². The normalized spacial score (nSPS) is 9.83. The largest absolute Gasteiger partial charge is 0.329 e. The Labute approximate surface area is 118 Å². The lowest BCUT2D eigenvalue weighted by Gasteiger charge is -2.06. The molecule has 5 heteroatoms. The second-order valence-electron chi connectivity index (χ2n) is 3.50. The molecular formula is C13H11BrN2OS. The molecule has 0 atom stereocenters. The summed E-state index contributed by atoms with van der Waals surface area (Å²) in [5, 5.41) is 2.63. The first-order valence-corrected chi connectivity index (χ1v) is 6.87. The van der Waals surface area contributed by atoms with Crippen molar-refractivity contribution in [1.82, 2.24) is 0 Å². The zero-order valence-corrected chi connectivity index (χ0v) is 11.8. The summed E-state index contributed by atoms with van der Waals surface area (Å²) in [4.78, 5) is 11.4. The minimum Gasteiger partial charge on any atom is -0.329 e. The number of halogens is 1. The van der Waals surface area contributed by atoms with E-state index in [1.807, 2.05) is 48.5 Å². The molecule has 0 fully saturated rings. The van der Waals surface area contributed by atoms with Gasteiger partial charge in [0.15, 0.2) is 0 Å². The SMILES string of the molecule is O=CNc1cccc(SNc2ccc(Br)cc2)c1. The maximum Gasteiger partial charge on any atom is 0.211 e. The lowest BCUT2D eigenvalue weighted by molar-refractivity contribution is -0.105. The number of hydrogen-bond acceptors (Lipinski definition) is 3. The van der Waals surface area contributed by atoms with E-state index in [-0.39, 0.29) is 0 Å². The maximum absolute atomic E-state index is 10.4. The summed E-state index contributed by atoms with van der Waals surface area (Å²) in [6, 6.07) is 15.6. The third-order valence-electron chi connectivity index (χ3n) is 2.19. The zero-order chi connectivity index (χ0) is 12.8. The van der Waals surface area contributed by atoms with E-state index < -0.39 is 0 Å². The molecule has 0 heterocycles. The van der Waals surface area contributed by atoms with E-state index in [9.17, 15) is 4.79 Å². The summed E-state index contributed by atoms with van der Waals surface area (Å²) >= 11 is 4.89. The van der Waals surface area contributed by atoms with Crippen LogP contribution in [-0.2, 0) is 4.79 Å². The van der Waals surface area contributed by atoms with E-state index >= 15 is 0 Å². The monoisotopic (exact) mass is 322 g/mol. The summed E-state index contributed by atoms with van der Waals surface area (Å²) in [7, 11) is 0. The number of carbonyl (C=O) groups is 1. The van der Waals surface area contributed by atoms with Gasteiger partial charge in [-0.3, -0.25) is 4.79 Å². The van der Waals surface area contributed by atoms with Gasteiger partial charge in [-0.05, 0) is 54.4 Å². The number of amides is 1. The molecule has 92 valence electrons. The van der Waals surface area contributed by atoms with Gasteiger partial charge in [0.1, 0.15) is 0 Å². The molecule has 0 bridgehead atoms. The molecule has 0 saturated heterocycles. The Kier molecular flexibility index (Phi) is 4.66. The third-order valence-corrected chi connectivity index (χ3v) is 3.55. The van der Waals surface area contributed by atoms with Crippen LogP contribution in [0.2, 0.25) is 0 Å². The highest BCUT2D eigenvalue weighted by Gasteiger charge is 1.97. The van der Waals surface area contributed by atoms with Gasteiger partial charge in [0.25, 0.3) is 0 Å². The molecule has 0 aliphatic heterocycles. The van der Waals surface area contributed by atoms with Gasteiger partial charge in [-0.1, -0.05) is 22.0 Å². The number of nitrogens with one attached hydrogen (secondary N) is 2. The van der Waals surface area contributed by atoms with Crippen LogP contribution in [0.5, 0.6) is 0 Å². The molecule has 2 N–H and O–H groups in total. The van der Waals surface area contributed by atoms with Crippen molar-refractivity contribution in [2.45, 2.75) is 4.90 Å². The Hall–Kier alpha value is -1.46. The number of anilines is 2. The molecule has 2 aromatic carbocycles. The first-order valence-electron chi connectivity index (χ1n) is 5.26. The highest BCUT2D eigenvalue weighted by Crippen LogP contribution is 2.24. The molecule has 3 nitrogen and oxygen atoms in total. The van der Waals surface area contributed by atoms with Crippen molar-refractivity contribution in [1.29, 1.82) is 0 Å². The highest BCUT2D eigenvalue weighted by molar-refractivity contribution is 9.10. The minimum atomic E-state index is 0.673. The van der Waals surface area contributed by atoms with E-state index in [1.54, 1.807) is 0 Å². The predicted octanol–water partition coefficient (Wildman–Crippen LogP) is 4.14. The summed E-state index contributed by atoms with van der Waals surface area (Å²) in [6.07, 6.45) is 0.673.